The van der Waals surface area contributed by atoms with E-state index in [1.807, 2.05) is 58.0 Å². The fraction of sp³-hybridized carbons (Fsp3) is 0.640. The van der Waals surface area contributed by atoms with Crippen molar-refractivity contribution in [3.8, 4) is 0 Å². The number of benzene rings is 1. The standard InChI is InChI=1S/C25H41N3O3/c1-17(2)13-14-26-24(30)22(15-18(3)4)27-25(31)23(19(5)6)28(20(7)29)16-21-11-9-8-10-12-21/h8-12,17-19,22-23H,13-16H2,1-7H3,(H,26,30)(H,27,31). The van der Waals surface area contributed by atoms with Crippen LogP contribution < -0.4 is 10.6 Å². The van der Waals surface area contributed by atoms with E-state index in [0.717, 1.165) is 12.0 Å². The lowest BCUT2D eigenvalue weighted by molar-refractivity contribution is -0.142. The number of nitrogens with zero attached hydrogens (tertiary/aromatic N) is 1. The van der Waals surface area contributed by atoms with Crippen molar-refractivity contribution in [3.63, 3.8) is 0 Å². The normalized spacial score (nSPS) is 13.2. The van der Waals surface area contributed by atoms with Crippen molar-refractivity contribution in [2.24, 2.45) is 17.8 Å². The Balaban J connectivity index is 3.00. The minimum atomic E-state index is -0.657. The molecule has 3 amide bonds. The minimum absolute atomic E-state index is 0.101. The Morgan fingerprint density at radius 2 is 1.52 bits per heavy atom. The van der Waals surface area contributed by atoms with Crippen molar-refractivity contribution < 1.29 is 14.4 Å². The van der Waals surface area contributed by atoms with Gasteiger partial charge in [0.2, 0.25) is 17.7 Å². The average Bonchev–Trinajstić information content (AvgIpc) is 2.66. The number of amides is 3. The van der Waals surface area contributed by atoms with Crippen LogP contribution in [-0.2, 0) is 20.9 Å². The predicted octanol–water partition coefficient (Wildman–Crippen LogP) is 3.75. The zero-order valence-electron chi connectivity index (χ0n) is 20.3. The molecule has 2 unspecified atom stereocenters. The van der Waals surface area contributed by atoms with Gasteiger partial charge in [0.15, 0.2) is 0 Å². The summed E-state index contributed by atoms with van der Waals surface area (Å²) in [6, 6.07) is 8.35. The third-order valence-corrected chi connectivity index (χ3v) is 5.20. The lowest BCUT2D eigenvalue weighted by atomic mass is 9.98. The molecule has 1 rings (SSSR count). The number of rotatable bonds is 12. The summed E-state index contributed by atoms with van der Waals surface area (Å²) in [5.74, 6) is 0.0157. The molecule has 0 spiro atoms. The van der Waals surface area contributed by atoms with Gasteiger partial charge < -0.3 is 15.5 Å². The van der Waals surface area contributed by atoms with Crippen molar-refractivity contribution in [1.29, 1.82) is 0 Å². The molecule has 31 heavy (non-hydrogen) atoms. The van der Waals surface area contributed by atoms with Crippen LogP contribution in [0.5, 0.6) is 0 Å². The summed E-state index contributed by atoms with van der Waals surface area (Å²) >= 11 is 0. The molecule has 2 atom stereocenters. The number of carbonyl (C=O) groups excluding carboxylic acids is 3. The van der Waals surface area contributed by atoms with Crippen molar-refractivity contribution in [2.75, 3.05) is 6.54 Å². The molecule has 2 N–H and O–H groups in total. The summed E-state index contributed by atoms with van der Waals surface area (Å²) in [4.78, 5) is 40.2. The highest BCUT2D eigenvalue weighted by Crippen LogP contribution is 2.17. The molecule has 0 aromatic heterocycles. The lowest BCUT2D eigenvalue weighted by Crippen LogP contribution is -2.56. The van der Waals surface area contributed by atoms with Gasteiger partial charge in [0.1, 0.15) is 12.1 Å². The van der Waals surface area contributed by atoms with E-state index < -0.39 is 12.1 Å². The SMILES string of the molecule is CC(=O)N(Cc1ccccc1)C(C(=O)NC(CC(C)C)C(=O)NCCC(C)C)C(C)C. The quantitative estimate of drug-likeness (QED) is 0.529. The van der Waals surface area contributed by atoms with E-state index in [4.69, 9.17) is 0 Å². The molecule has 0 radical (unpaired) electrons. The number of hydrogen-bond donors (Lipinski definition) is 2. The highest BCUT2D eigenvalue weighted by molar-refractivity contribution is 5.92. The molecule has 1 aromatic rings. The summed E-state index contributed by atoms with van der Waals surface area (Å²) in [5.41, 5.74) is 0.960. The Morgan fingerprint density at radius 1 is 0.903 bits per heavy atom. The van der Waals surface area contributed by atoms with E-state index in [2.05, 4.69) is 24.5 Å². The summed E-state index contributed by atoms with van der Waals surface area (Å²) in [6.07, 6.45) is 1.43. The van der Waals surface area contributed by atoms with Crippen LogP contribution in [0.1, 0.15) is 66.9 Å². The molecule has 6 nitrogen and oxygen atoms in total. The highest BCUT2D eigenvalue weighted by atomic mass is 16.2. The molecule has 0 aliphatic heterocycles. The molecule has 6 heteroatoms. The van der Waals surface area contributed by atoms with Gasteiger partial charge in [-0.25, -0.2) is 0 Å². The van der Waals surface area contributed by atoms with Gasteiger partial charge in [-0.05, 0) is 36.2 Å². The van der Waals surface area contributed by atoms with Crippen LogP contribution in [0.4, 0.5) is 0 Å². The Hall–Kier alpha value is -2.37. The predicted molar refractivity (Wildman–Crippen MR) is 125 cm³/mol. The number of hydrogen-bond acceptors (Lipinski definition) is 3. The molecule has 0 fully saturated rings. The molecule has 1 aromatic carbocycles. The Kier molecular flexibility index (Phi) is 11.3. The first-order valence-electron chi connectivity index (χ1n) is 11.4. The fourth-order valence-electron chi connectivity index (χ4n) is 3.56. The second-order valence-electron chi connectivity index (χ2n) is 9.49. The monoisotopic (exact) mass is 431 g/mol. The largest absolute Gasteiger partial charge is 0.354 e. The zero-order chi connectivity index (χ0) is 23.6. The zero-order valence-corrected chi connectivity index (χ0v) is 20.3. The van der Waals surface area contributed by atoms with Gasteiger partial charge in [-0.2, -0.15) is 0 Å². The van der Waals surface area contributed by atoms with Crippen LogP contribution >= 0.6 is 0 Å². The van der Waals surface area contributed by atoms with E-state index in [1.54, 1.807) is 4.90 Å². The van der Waals surface area contributed by atoms with Crippen LogP contribution in [-0.4, -0.2) is 41.2 Å². The van der Waals surface area contributed by atoms with Gasteiger partial charge in [0.25, 0.3) is 0 Å². The lowest BCUT2D eigenvalue weighted by Gasteiger charge is -2.34. The Morgan fingerprint density at radius 3 is 2.00 bits per heavy atom. The van der Waals surface area contributed by atoms with Crippen molar-refractivity contribution in [3.05, 3.63) is 35.9 Å². The van der Waals surface area contributed by atoms with E-state index in [-0.39, 0.29) is 29.6 Å². The summed E-state index contributed by atoms with van der Waals surface area (Å²) < 4.78 is 0. The first kappa shape index (κ1) is 26.7. The third kappa shape index (κ3) is 9.53. The molecular formula is C25H41N3O3. The maximum atomic E-state index is 13.3. The number of carbonyl (C=O) groups is 3. The van der Waals surface area contributed by atoms with Crippen molar-refractivity contribution in [1.82, 2.24) is 15.5 Å². The van der Waals surface area contributed by atoms with Gasteiger partial charge in [0.05, 0.1) is 0 Å². The fourth-order valence-corrected chi connectivity index (χ4v) is 3.56. The molecule has 0 heterocycles. The van der Waals surface area contributed by atoms with E-state index >= 15 is 0 Å². The smallest absolute Gasteiger partial charge is 0.243 e. The molecule has 0 saturated carbocycles. The van der Waals surface area contributed by atoms with Crippen LogP contribution in [0.15, 0.2) is 30.3 Å². The molecular weight excluding hydrogens is 390 g/mol. The molecule has 0 aliphatic carbocycles. The minimum Gasteiger partial charge on any atom is -0.354 e. The van der Waals surface area contributed by atoms with Gasteiger partial charge >= 0.3 is 0 Å². The number of nitrogens with one attached hydrogen (secondary N) is 2. The van der Waals surface area contributed by atoms with Crippen molar-refractivity contribution in [2.45, 2.75) is 79.9 Å². The van der Waals surface area contributed by atoms with Crippen LogP contribution in [0.3, 0.4) is 0 Å². The van der Waals surface area contributed by atoms with E-state index in [9.17, 15) is 14.4 Å². The first-order chi connectivity index (χ1) is 14.5. The maximum Gasteiger partial charge on any atom is 0.243 e. The highest BCUT2D eigenvalue weighted by Gasteiger charge is 2.33. The van der Waals surface area contributed by atoms with Crippen LogP contribution in [0.2, 0.25) is 0 Å². The molecule has 0 saturated heterocycles. The Labute approximate surface area is 188 Å². The van der Waals surface area contributed by atoms with E-state index in [0.29, 0.717) is 25.4 Å². The van der Waals surface area contributed by atoms with Crippen LogP contribution in [0.25, 0.3) is 0 Å². The summed E-state index contributed by atoms with van der Waals surface area (Å²) in [5, 5.41) is 5.89. The Bertz CT molecular complexity index is 701. The molecule has 174 valence electrons. The van der Waals surface area contributed by atoms with Gasteiger partial charge in [-0.15, -0.1) is 0 Å². The molecule has 0 bridgehead atoms. The molecule has 0 aliphatic rings. The van der Waals surface area contributed by atoms with Gasteiger partial charge in [-0.3, -0.25) is 14.4 Å². The van der Waals surface area contributed by atoms with Gasteiger partial charge in [-0.1, -0.05) is 71.9 Å². The maximum absolute atomic E-state index is 13.3. The van der Waals surface area contributed by atoms with Gasteiger partial charge in [0, 0.05) is 20.0 Å². The van der Waals surface area contributed by atoms with Crippen LogP contribution in [0, 0.1) is 17.8 Å². The third-order valence-electron chi connectivity index (χ3n) is 5.20. The second-order valence-corrected chi connectivity index (χ2v) is 9.49. The van der Waals surface area contributed by atoms with Crippen molar-refractivity contribution >= 4 is 17.7 Å². The van der Waals surface area contributed by atoms with E-state index in [1.165, 1.54) is 6.92 Å². The first-order valence-corrected chi connectivity index (χ1v) is 11.4. The summed E-state index contributed by atoms with van der Waals surface area (Å²) in [6.45, 7) is 14.5. The summed E-state index contributed by atoms with van der Waals surface area (Å²) in [7, 11) is 0. The topological polar surface area (TPSA) is 78.5 Å². The average molecular weight is 432 g/mol. The second kappa shape index (κ2) is 13.1.